The summed E-state index contributed by atoms with van der Waals surface area (Å²) in [5.74, 6) is 0.560. The molecule has 0 aromatic carbocycles. The lowest BCUT2D eigenvalue weighted by Gasteiger charge is -2.37. The number of ether oxygens (including phenoxy) is 2. The van der Waals surface area contributed by atoms with Crippen molar-refractivity contribution in [1.29, 1.82) is 0 Å². The first-order valence-corrected chi connectivity index (χ1v) is 9.51. The van der Waals surface area contributed by atoms with Gasteiger partial charge in [0.25, 0.3) is 0 Å². The van der Waals surface area contributed by atoms with E-state index >= 15 is 0 Å². The maximum Gasteiger partial charge on any atom is 0.0888 e. The van der Waals surface area contributed by atoms with Crippen LogP contribution in [0.15, 0.2) is 30.6 Å². The average molecular weight is 356 g/mol. The van der Waals surface area contributed by atoms with Gasteiger partial charge in [-0.25, -0.2) is 0 Å². The molecule has 2 fully saturated rings. The smallest absolute Gasteiger partial charge is 0.0888 e. The van der Waals surface area contributed by atoms with Gasteiger partial charge in [0.15, 0.2) is 0 Å². The number of aryl methyl sites for hydroxylation is 2. The number of hydrogen-bond donors (Lipinski definition) is 0. The summed E-state index contributed by atoms with van der Waals surface area (Å²) in [7, 11) is 1.97. The van der Waals surface area contributed by atoms with E-state index in [1.807, 2.05) is 43.0 Å². The molecule has 1 aliphatic carbocycles. The van der Waals surface area contributed by atoms with Crippen molar-refractivity contribution in [2.45, 2.75) is 45.1 Å². The monoisotopic (exact) mass is 356 g/mol. The fraction of sp³-hybridized carbons (Fsp3) is 0.600. The summed E-state index contributed by atoms with van der Waals surface area (Å²) in [4.78, 5) is 7.07. The van der Waals surface area contributed by atoms with Crippen LogP contribution in [-0.2, 0) is 29.7 Å². The van der Waals surface area contributed by atoms with Gasteiger partial charge >= 0.3 is 0 Å². The van der Waals surface area contributed by atoms with E-state index in [2.05, 4.69) is 21.2 Å². The predicted octanol–water partition coefficient (Wildman–Crippen LogP) is 2.32. The molecule has 2 aromatic heterocycles. The van der Waals surface area contributed by atoms with Gasteiger partial charge in [0.2, 0.25) is 0 Å². The van der Waals surface area contributed by atoms with Crippen LogP contribution < -0.4 is 0 Å². The third kappa shape index (κ3) is 4.14. The van der Waals surface area contributed by atoms with E-state index in [-0.39, 0.29) is 0 Å². The molecule has 1 saturated carbocycles. The molecule has 0 N–H and O–H groups in total. The van der Waals surface area contributed by atoms with Crippen LogP contribution >= 0.6 is 0 Å². The summed E-state index contributed by atoms with van der Waals surface area (Å²) in [6.07, 6.45) is 6.65. The Morgan fingerprint density at radius 1 is 1.31 bits per heavy atom. The molecular formula is C20H28N4O2. The third-order valence-corrected chi connectivity index (χ3v) is 5.44. The van der Waals surface area contributed by atoms with Gasteiger partial charge in [-0.15, -0.1) is 0 Å². The van der Waals surface area contributed by atoms with Gasteiger partial charge in [-0.05, 0) is 37.8 Å². The van der Waals surface area contributed by atoms with Crippen molar-refractivity contribution in [1.82, 2.24) is 19.7 Å². The molecule has 0 amide bonds. The number of morpholine rings is 1. The van der Waals surface area contributed by atoms with Crippen molar-refractivity contribution in [3.05, 3.63) is 47.5 Å². The zero-order chi connectivity index (χ0) is 17.9. The Morgan fingerprint density at radius 3 is 3.04 bits per heavy atom. The van der Waals surface area contributed by atoms with E-state index in [9.17, 15) is 0 Å². The predicted molar refractivity (Wildman–Crippen MR) is 98.5 cm³/mol. The second kappa shape index (κ2) is 7.86. The van der Waals surface area contributed by atoms with E-state index in [1.165, 1.54) is 5.56 Å². The Bertz CT molecular complexity index is 732. The van der Waals surface area contributed by atoms with Crippen molar-refractivity contribution < 1.29 is 9.47 Å². The van der Waals surface area contributed by atoms with Crippen molar-refractivity contribution in [2.24, 2.45) is 13.0 Å². The standard InChI is InChI=1S/C20H28N4O2/c1-15-4-3-5-18(22-15)14-25-13-16-8-19-20(9-16)26-7-6-24(19)12-17-10-21-23(2)11-17/h3-5,10-11,16,19-20H,6-9,12-14H2,1-2H3/t16-,19+,20-/m0/s1. The van der Waals surface area contributed by atoms with Crippen LogP contribution in [0.5, 0.6) is 0 Å². The number of aromatic nitrogens is 3. The minimum absolute atomic E-state index is 0.339. The number of rotatable bonds is 6. The maximum absolute atomic E-state index is 6.06. The molecule has 1 saturated heterocycles. The highest BCUT2D eigenvalue weighted by Crippen LogP contribution is 2.35. The highest BCUT2D eigenvalue weighted by Gasteiger charge is 2.41. The van der Waals surface area contributed by atoms with E-state index in [0.717, 1.165) is 50.5 Å². The summed E-state index contributed by atoms with van der Waals surface area (Å²) < 4.78 is 13.9. The Hall–Kier alpha value is -1.76. The van der Waals surface area contributed by atoms with Crippen LogP contribution in [0.25, 0.3) is 0 Å². The molecule has 3 atom stereocenters. The first-order chi connectivity index (χ1) is 12.7. The summed E-state index contributed by atoms with van der Waals surface area (Å²) in [6.45, 7) is 6.16. The van der Waals surface area contributed by atoms with E-state index in [1.54, 1.807) is 0 Å². The van der Waals surface area contributed by atoms with Gasteiger partial charge in [0.05, 0.1) is 37.8 Å². The van der Waals surface area contributed by atoms with Crippen LogP contribution in [0.1, 0.15) is 29.8 Å². The molecule has 6 nitrogen and oxygen atoms in total. The molecule has 26 heavy (non-hydrogen) atoms. The van der Waals surface area contributed by atoms with Crippen LogP contribution in [0, 0.1) is 12.8 Å². The highest BCUT2D eigenvalue weighted by atomic mass is 16.5. The van der Waals surface area contributed by atoms with Crippen molar-refractivity contribution in [2.75, 3.05) is 19.8 Å². The van der Waals surface area contributed by atoms with Crippen molar-refractivity contribution in [3.8, 4) is 0 Å². The van der Waals surface area contributed by atoms with Gasteiger partial charge < -0.3 is 9.47 Å². The van der Waals surface area contributed by atoms with Crippen molar-refractivity contribution >= 4 is 0 Å². The molecule has 0 radical (unpaired) electrons. The average Bonchev–Trinajstić information content (AvgIpc) is 3.21. The molecule has 3 heterocycles. The number of nitrogens with zero attached hydrogens (tertiary/aromatic N) is 4. The van der Waals surface area contributed by atoms with Gasteiger partial charge in [0, 0.05) is 43.6 Å². The number of hydrogen-bond acceptors (Lipinski definition) is 5. The molecule has 2 aromatic rings. The minimum Gasteiger partial charge on any atom is -0.375 e. The molecule has 6 heteroatoms. The Labute approximate surface area is 155 Å². The number of fused-ring (bicyclic) bond motifs is 1. The molecule has 4 rings (SSSR count). The van der Waals surface area contributed by atoms with Gasteiger partial charge in [-0.1, -0.05) is 6.07 Å². The fourth-order valence-corrected chi connectivity index (χ4v) is 4.26. The lowest BCUT2D eigenvalue weighted by molar-refractivity contribution is -0.0591. The van der Waals surface area contributed by atoms with Crippen LogP contribution in [0.2, 0.25) is 0 Å². The Balaban J connectivity index is 1.29. The molecule has 0 spiro atoms. The van der Waals surface area contributed by atoms with Gasteiger partial charge in [-0.2, -0.15) is 5.10 Å². The van der Waals surface area contributed by atoms with E-state index in [0.29, 0.717) is 24.7 Å². The molecule has 2 aliphatic rings. The van der Waals surface area contributed by atoms with Crippen LogP contribution in [0.3, 0.4) is 0 Å². The molecule has 0 unspecified atom stereocenters. The first-order valence-electron chi connectivity index (χ1n) is 9.51. The zero-order valence-electron chi connectivity index (χ0n) is 15.7. The van der Waals surface area contributed by atoms with Gasteiger partial charge in [-0.3, -0.25) is 14.6 Å². The Morgan fingerprint density at radius 2 is 2.23 bits per heavy atom. The largest absolute Gasteiger partial charge is 0.375 e. The SMILES string of the molecule is Cc1cccc(COC[C@@H]2C[C@@H]3OCCN(Cc4cnn(C)c4)[C@@H]3C2)n1. The van der Waals surface area contributed by atoms with Crippen LogP contribution in [-0.4, -0.2) is 51.6 Å². The fourth-order valence-electron chi connectivity index (χ4n) is 4.26. The summed E-state index contributed by atoms with van der Waals surface area (Å²) >= 11 is 0. The lowest BCUT2D eigenvalue weighted by Crippen LogP contribution is -2.47. The number of pyridine rings is 1. The minimum atomic E-state index is 0.339. The third-order valence-electron chi connectivity index (χ3n) is 5.44. The zero-order valence-corrected chi connectivity index (χ0v) is 15.7. The molecule has 0 bridgehead atoms. The summed E-state index contributed by atoms with van der Waals surface area (Å²) in [6, 6.07) is 6.57. The maximum atomic E-state index is 6.06. The summed E-state index contributed by atoms with van der Waals surface area (Å²) in [5.41, 5.74) is 3.32. The van der Waals surface area contributed by atoms with E-state index < -0.39 is 0 Å². The normalized spacial score (nSPS) is 26.2. The lowest BCUT2D eigenvalue weighted by atomic mass is 10.1. The molecule has 1 aliphatic heterocycles. The first kappa shape index (κ1) is 17.6. The Kier molecular flexibility index (Phi) is 5.33. The molecular weight excluding hydrogens is 328 g/mol. The van der Waals surface area contributed by atoms with Crippen molar-refractivity contribution in [3.63, 3.8) is 0 Å². The second-order valence-electron chi connectivity index (χ2n) is 7.59. The van der Waals surface area contributed by atoms with E-state index in [4.69, 9.17) is 9.47 Å². The quantitative estimate of drug-likeness (QED) is 0.795. The second-order valence-corrected chi connectivity index (χ2v) is 7.59. The van der Waals surface area contributed by atoms with Gasteiger partial charge in [0.1, 0.15) is 0 Å². The topological polar surface area (TPSA) is 52.4 Å². The highest BCUT2D eigenvalue weighted by molar-refractivity contribution is 5.09. The molecule has 140 valence electrons. The van der Waals surface area contributed by atoms with Crippen LogP contribution in [0.4, 0.5) is 0 Å². The summed E-state index contributed by atoms with van der Waals surface area (Å²) in [5, 5.41) is 4.29.